The highest BCUT2D eigenvalue weighted by molar-refractivity contribution is 9.08. The molecule has 0 N–H and O–H groups in total. The third-order valence-electron chi connectivity index (χ3n) is 1.78. The summed E-state index contributed by atoms with van der Waals surface area (Å²) < 4.78 is 0. The zero-order chi connectivity index (χ0) is 9.80. The van der Waals surface area contributed by atoms with Gasteiger partial charge in [0.2, 0.25) is 0 Å². The van der Waals surface area contributed by atoms with Crippen LogP contribution in [0.1, 0.15) is 5.69 Å². The lowest BCUT2D eigenvalue weighted by molar-refractivity contribution is 0.930. The van der Waals surface area contributed by atoms with Crippen molar-refractivity contribution in [2.45, 2.75) is 5.33 Å². The molecule has 2 rings (SSSR count). The normalized spacial score (nSPS) is 10.1. The molecular formula is C10H8BrN3. The van der Waals surface area contributed by atoms with Crippen LogP contribution in [0.4, 0.5) is 0 Å². The number of rotatable bonds is 2. The van der Waals surface area contributed by atoms with Crippen molar-refractivity contribution in [3.8, 4) is 11.4 Å². The van der Waals surface area contributed by atoms with Gasteiger partial charge in [0.1, 0.15) is 0 Å². The van der Waals surface area contributed by atoms with Crippen molar-refractivity contribution in [2.75, 3.05) is 0 Å². The maximum absolute atomic E-state index is 4.22. The van der Waals surface area contributed by atoms with E-state index in [9.17, 15) is 0 Å². The van der Waals surface area contributed by atoms with E-state index in [0.717, 1.165) is 11.3 Å². The number of nitrogens with zero attached hydrogens (tertiary/aromatic N) is 3. The van der Waals surface area contributed by atoms with E-state index >= 15 is 0 Å². The molecule has 0 amide bonds. The van der Waals surface area contributed by atoms with Crippen molar-refractivity contribution in [3.63, 3.8) is 0 Å². The van der Waals surface area contributed by atoms with Crippen molar-refractivity contribution in [1.29, 1.82) is 0 Å². The maximum atomic E-state index is 4.22. The molecule has 0 aliphatic carbocycles. The number of alkyl halides is 1. The van der Waals surface area contributed by atoms with Crippen LogP contribution in [-0.2, 0) is 5.33 Å². The van der Waals surface area contributed by atoms with E-state index in [4.69, 9.17) is 0 Å². The van der Waals surface area contributed by atoms with Crippen LogP contribution >= 0.6 is 15.9 Å². The van der Waals surface area contributed by atoms with Gasteiger partial charge in [0.05, 0.1) is 11.9 Å². The molecule has 2 aromatic rings. The van der Waals surface area contributed by atoms with E-state index in [1.807, 2.05) is 30.3 Å². The summed E-state index contributed by atoms with van der Waals surface area (Å²) in [6, 6.07) is 9.80. The highest BCUT2D eigenvalue weighted by atomic mass is 79.9. The van der Waals surface area contributed by atoms with Crippen molar-refractivity contribution >= 4 is 15.9 Å². The summed E-state index contributed by atoms with van der Waals surface area (Å²) in [7, 11) is 0. The lowest BCUT2D eigenvalue weighted by Crippen LogP contribution is -1.95. The van der Waals surface area contributed by atoms with Crippen LogP contribution < -0.4 is 0 Å². The summed E-state index contributed by atoms with van der Waals surface area (Å²) in [6.07, 6.45) is 1.73. The second-order valence-corrected chi connectivity index (χ2v) is 3.33. The Morgan fingerprint density at radius 2 is 1.86 bits per heavy atom. The Morgan fingerprint density at radius 1 is 1.07 bits per heavy atom. The number of benzene rings is 1. The van der Waals surface area contributed by atoms with Crippen molar-refractivity contribution < 1.29 is 0 Å². The third kappa shape index (κ3) is 1.96. The summed E-state index contributed by atoms with van der Waals surface area (Å²) in [6.45, 7) is 0. The fourth-order valence-corrected chi connectivity index (χ4v) is 1.34. The van der Waals surface area contributed by atoms with Gasteiger partial charge in [-0.3, -0.25) is 0 Å². The Bertz CT molecular complexity index is 399. The Labute approximate surface area is 90.3 Å². The number of aromatic nitrogens is 3. The molecule has 0 atom stereocenters. The molecule has 0 fully saturated rings. The monoisotopic (exact) mass is 249 g/mol. The van der Waals surface area contributed by atoms with Crippen LogP contribution in [0.5, 0.6) is 0 Å². The summed E-state index contributed by atoms with van der Waals surface area (Å²) in [5.74, 6) is 0.662. The summed E-state index contributed by atoms with van der Waals surface area (Å²) in [5, 5.41) is 8.73. The van der Waals surface area contributed by atoms with Gasteiger partial charge in [-0.2, -0.15) is 5.10 Å². The molecule has 0 aliphatic heterocycles. The van der Waals surface area contributed by atoms with Crippen LogP contribution in [0.3, 0.4) is 0 Å². The summed E-state index contributed by atoms with van der Waals surface area (Å²) in [4.78, 5) is 4.22. The van der Waals surface area contributed by atoms with E-state index < -0.39 is 0 Å². The third-order valence-corrected chi connectivity index (χ3v) is 2.35. The average molecular weight is 250 g/mol. The van der Waals surface area contributed by atoms with Crippen LogP contribution in [0, 0.1) is 0 Å². The minimum atomic E-state index is 0.662. The van der Waals surface area contributed by atoms with Crippen LogP contribution in [0.15, 0.2) is 36.5 Å². The predicted octanol–water partition coefficient (Wildman–Crippen LogP) is 2.43. The van der Waals surface area contributed by atoms with E-state index in [2.05, 4.69) is 31.1 Å². The van der Waals surface area contributed by atoms with Crippen LogP contribution in [0.2, 0.25) is 0 Å². The van der Waals surface area contributed by atoms with Crippen molar-refractivity contribution in [3.05, 3.63) is 42.2 Å². The number of halogens is 1. The molecule has 3 nitrogen and oxygen atoms in total. The Morgan fingerprint density at radius 3 is 2.43 bits per heavy atom. The maximum Gasteiger partial charge on any atom is 0.181 e. The van der Waals surface area contributed by atoms with Gasteiger partial charge in [-0.1, -0.05) is 46.3 Å². The number of hydrogen-bond donors (Lipinski definition) is 0. The van der Waals surface area contributed by atoms with E-state index in [1.54, 1.807) is 6.20 Å². The smallest absolute Gasteiger partial charge is 0.181 e. The minimum Gasteiger partial charge on any atom is -0.233 e. The molecule has 4 heteroatoms. The van der Waals surface area contributed by atoms with E-state index in [0.29, 0.717) is 11.2 Å². The highest BCUT2D eigenvalue weighted by Crippen LogP contribution is 2.12. The standard InChI is InChI=1S/C10H8BrN3/c11-6-9-7-12-10(14-13-9)8-4-2-1-3-5-8/h1-5,7H,6H2. The summed E-state index contributed by atoms with van der Waals surface area (Å²) >= 11 is 3.30. The first-order chi connectivity index (χ1) is 6.90. The summed E-state index contributed by atoms with van der Waals surface area (Å²) in [5.41, 5.74) is 1.82. The molecule has 70 valence electrons. The SMILES string of the molecule is BrCc1cnc(-c2ccccc2)nn1. The molecule has 1 aromatic heterocycles. The average Bonchev–Trinajstić information content (AvgIpc) is 2.30. The molecule has 0 unspecified atom stereocenters. The van der Waals surface area contributed by atoms with Gasteiger partial charge in [-0.25, -0.2) is 4.98 Å². The number of hydrogen-bond acceptors (Lipinski definition) is 3. The zero-order valence-corrected chi connectivity index (χ0v) is 8.98. The van der Waals surface area contributed by atoms with Gasteiger partial charge in [0, 0.05) is 10.9 Å². The fourth-order valence-electron chi connectivity index (χ4n) is 1.08. The van der Waals surface area contributed by atoms with Gasteiger partial charge in [0.25, 0.3) is 0 Å². The van der Waals surface area contributed by atoms with Gasteiger partial charge in [0.15, 0.2) is 5.82 Å². The van der Waals surface area contributed by atoms with E-state index in [-0.39, 0.29) is 0 Å². The molecule has 0 radical (unpaired) electrons. The first-order valence-corrected chi connectivity index (χ1v) is 5.32. The molecule has 0 bridgehead atoms. The molecule has 14 heavy (non-hydrogen) atoms. The lowest BCUT2D eigenvalue weighted by atomic mass is 10.2. The molecule has 1 aromatic carbocycles. The molecule has 0 aliphatic rings. The van der Waals surface area contributed by atoms with Gasteiger partial charge < -0.3 is 0 Å². The Balaban J connectivity index is 2.34. The van der Waals surface area contributed by atoms with Gasteiger partial charge in [-0.05, 0) is 0 Å². The first kappa shape index (κ1) is 9.27. The molecule has 0 saturated carbocycles. The highest BCUT2D eigenvalue weighted by Gasteiger charge is 2.00. The largest absolute Gasteiger partial charge is 0.233 e. The van der Waals surface area contributed by atoms with Gasteiger partial charge >= 0.3 is 0 Å². The fraction of sp³-hybridized carbons (Fsp3) is 0.100. The lowest BCUT2D eigenvalue weighted by Gasteiger charge is -1.98. The Hall–Kier alpha value is -1.29. The van der Waals surface area contributed by atoms with Crippen LogP contribution in [-0.4, -0.2) is 15.2 Å². The Kier molecular flexibility index (Phi) is 2.84. The first-order valence-electron chi connectivity index (χ1n) is 4.20. The molecule has 1 heterocycles. The second kappa shape index (κ2) is 4.28. The molecule has 0 saturated heterocycles. The zero-order valence-electron chi connectivity index (χ0n) is 7.39. The predicted molar refractivity (Wildman–Crippen MR) is 57.9 cm³/mol. The second-order valence-electron chi connectivity index (χ2n) is 2.77. The van der Waals surface area contributed by atoms with Crippen molar-refractivity contribution in [2.24, 2.45) is 0 Å². The quantitative estimate of drug-likeness (QED) is 0.768. The topological polar surface area (TPSA) is 38.7 Å². The van der Waals surface area contributed by atoms with Crippen molar-refractivity contribution in [1.82, 2.24) is 15.2 Å². The van der Waals surface area contributed by atoms with Gasteiger partial charge in [-0.15, -0.1) is 5.10 Å². The molecular weight excluding hydrogens is 242 g/mol. The minimum absolute atomic E-state index is 0.662. The van der Waals surface area contributed by atoms with E-state index in [1.165, 1.54) is 0 Å². The van der Waals surface area contributed by atoms with Crippen LogP contribution in [0.25, 0.3) is 11.4 Å². The molecule has 0 spiro atoms.